The predicted molar refractivity (Wildman–Crippen MR) is 86.4 cm³/mol. The molecular formula is C16H16N2O3S. The Balaban J connectivity index is 1.62. The van der Waals surface area contributed by atoms with E-state index in [2.05, 4.69) is 10.6 Å². The predicted octanol–water partition coefficient (Wildman–Crippen LogP) is 3.04. The summed E-state index contributed by atoms with van der Waals surface area (Å²) in [5.41, 5.74) is 1.23. The van der Waals surface area contributed by atoms with Crippen molar-refractivity contribution in [1.82, 2.24) is 0 Å². The largest absolute Gasteiger partial charge is 0.479 e. The second-order valence-electron chi connectivity index (χ2n) is 5.09. The van der Waals surface area contributed by atoms with Crippen molar-refractivity contribution in [2.45, 2.75) is 25.9 Å². The fourth-order valence-electron chi connectivity index (χ4n) is 2.20. The van der Waals surface area contributed by atoms with Gasteiger partial charge in [-0.15, -0.1) is 11.3 Å². The number of anilines is 2. The van der Waals surface area contributed by atoms with Gasteiger partial charge in [-0.25, -0.2) is 0 Å². The van der Waals surface area contributed by atoms with E-state index in [1.165, 1.54) is 4.88 Å². The fourth-order valence-corrected chi connectivity index (χ4v) is 2.91. The van der Waals surface area contributed by atoms with Crippen LogP contribution in [0.3, 0.4) is 0 Å². The highest BCUT2D eigenvalue weighted by molar-refractivity contribution is 7.09. The van der Waals surface area contributed by atoms with Crippen LogP contribution >= 0.6 is 11.3 Å². The molecule has 5 nitrogen and oxygen atoms in total. The van der Waals surface area contributed by atoms with Crippen LogP contribution in [0.2, 0.25) is 0 Å². The Morgan fingerprint density at radius 1 is 1.41 bits per heavy atom. The minimum absolute atomic E-state index is 0.0511. The summed E-state index contributed by atoms with van der Waals surface area (Å²) in [7, 11) is 0. The molecule has 1 aliphatic heterocycles. The minimum atomic E-state index is -0.501. The van der Waals surface area contributed by atoms with E-state index < -0.39 is 6.10 Å². The molecule has 1 aromatic carbocycles. The van der Waals surface area contributed by atoms with E-state index >= 15 is 0 Å². The molecule has 0 fully saturated rings. The molecule has 1 atom stereocenters. The quantitative estimate of drug-likeness (QED) is 0.911. The van der Waals surface area contributed by atoms with E-state index in [1.54, 1.807) is 36.5 Å². The lowest BCUT2D eigenvalue weighted by Crippen LogP contribution is -2.34. The molecule has 2 heterocycles. The van der Waals surface area contributed by atoms with E-state index in [4.69, 9.17) is 4.74 Å². The number of rotatable bonds is 4. The molecule has 0 saturated carbocycles. The van der Waals surface area contributed by atoms with Crippen molar-refractivity contribution in [2.24, 2.45) is 0 Å². The molecule has 0 aliphatic carbocycles. The molecule has 2 amide bonds. The first kappa shape index (κ1) is 14.6. The summed E-state index contributed by atoms with van der Waals surface area (Å²) >= 11 is 1.65. The summed E-state index contributed by atoms with van der Waals surface area (Å²) in [4.78, 5) is 24.8. The molecule has 1 aliphatic rings. The zero-order valence-corrected chi connectivity index (χ0v) is 12.9. The van der Waals surface area contributed by atoms with Gasteiger partial charge in [0, 0.05) is 17.0 Å². The van der Waals surface area contributed by atoms with Crippen LogP contribution in [-0.2, 0) is 16.0 Å². The van der Waals surface area contributed by atoms with Gasteiger partial charge in [-0.2, -0.15) is 0 Å². The molecule has 114 valence electrons. The molecule has 0 saturated heterocycles. The molecule has 6 heteroatoms. The maximum atomic E-state index is 12.0. The van der Waals surface area contributed by atoms with Gasteiger partial charge in [0.1, 0.15) is 5.75 Å². The normalized spacial score (nSPS) is 16.4. The molecule has 2 N–H and O–H groups in total. The zero-order valence-electron chi connectivity index (χ0n) is 12.1. The summed E-state index contributed by atoms with van der Waals surface area (Å²) in [6.07, 6.45) is 0.655. The van der Waals surface area contributed by atoms with Crippen LogP contribution in [0.25, 0.3) is 0 Å². The lowest BCUT2D eigenvalue weighted by Gasteiger charge is -2.23. The van der Waals surface area contributed by atoms with E-state index in [0.29, 0.717) is 23.5 Å². The number of aryl methyl sites for hydroxylation is 1. The second-order valence-corrected chi connectivity index (χ2v) is 6.12. The third-order valence-corrected chi connectivity index (χ3v) is 4.31. The maximum Gasteiger partial charge on any atom is 0.265 e. The average Bonchev–Trinajstić information content (AvgIpc) is 3.00. The van der Waals surface area contributed by atoms with Gasteiger partial charge in [0.2, 0.25) is 5.91 Å². The number of ether oxygens (including phenoxy) is 1. The molecule has 0 spiro atoms. The lowest BCUT2D eigenvalue weighted by atomic mass is 10.2. The summed E-state index contributed by atoms with van der Waals surface area (Å²) in [6, 6.07) is 9.23. The monoisotopic (exact) mass is 316 g/mol. The lowest BCUT2D eigenvalue weighted by molar-refractivity contribution is -0.122. The second kappa shape index (κ2) is 6.19. The Morgan fingerprint density at radius 2 is 2.27 bits per heavy atom. The van der Waals surface area contributed by atoms with Gasteiger partial charge in [-0.3, -0.25) is 9.59 Å². The Labute approximate surface area is 132 Å². The molecule has 0 unspecified atom stereocenters. The number of carbonyl (C=O) groups excluding carboxylic acids is 2. The van der Waals surface area contributed by atoms with Gasteiger partial charge in [0.15, 0.2) is 6.10 Å². The van der Waals surface area contributed by atoms with Crippen LogP contribution in [0.5, 0.6) is 5.75 Å². The molecule has 0 radical (unpaired) electrons. The molecule has 0 bridgehead atoms. The Hall–Kier alpha value is -2.34. The smallest absolute Gasteiger partial charge is 0.265 e. The average molecular weight is 316 g/mol. The Morgan fingerprint density at radius 3 is 3.05 bits per heavy atom. The molecule has 3 rings (SSSR count). The fraction of sp³-hybridized carbons (Fsp3) is 0.250. The summed E-state index contributed by atoms with van der Waals surface area (Å²) in [6.45, 7) is 1.69. The van der Waals surface area contributed by atoms with Gasteiger partial charge < -0.3 is 15.4 Å². The van der Waals surface area contributed by atoms with Crippen molar-refractivity contribution in [3.05, 3.63) is 40.6 Å². The van der Waals surface area contributed by atoms with Gasteiger partial charge in [0.25, 0.3) is 5.91 Å². The Bertz CT molecular complexity index is 697. The van der Waals surface area contributed by atoms with Crippen molar-refractivity contribution in [2.75, 3.05) is 10.6 Å². The van der Waals surface area contributed by atoms with E-state index in [0.717, 1.165) is 6.42 Å². The van der Waals surface area contributed by atoms with Crippen LogP contribution in [0, 0.1) is 0 Å². The highest BCUT2D eigenvalue weighted by atomic mass is 32.1. The molecular weight excluding hydrogens is 300 g/mol. The topological polar surface area (TPSA) is 67.4 Å². The number of thiophene rings is 1. The van der Waals surface area contributed by atoms with Crippen molar-refractivity contribution < 1.29 is 14.3 Å². The van der Waals surface area contributed by atoms with Crippen molar-refractivity contribution in [3.63, 3.8) is 0 Å². The van der Waals surface area contributed by atoms with Crippen molar-refractivity contribution >= 4 is 34.5 Å². The van der Waals surface area contributed by atoms with Gasteiger partial charge in [-0.05, 0) is 43.0 Å². The molecule has 2 aromatic rings. The van der Waals surface area contributed by atoms with Crippen LogP contribution in [0.15, 0.2) is 35.7 Å². The third-order valence-electron chi connectivity index (χ3n) is 3.37. The summed E-state index contributed by atoms with van der Waals surface area (Å²) < 4.78 is 5.48. The van der Waals surface area contributed by atoms with Crippen LogP contribution in [-0.4, -0.2) is 17.9 Å². The number of fused-ring (bicyclic) bond motifs is 1. The minimum Gasteiger partial charge on any atom is -0.479 e. The number of amides is 2. The van der Waals surface area contributed by atoms with Crippen molar-refractivity contribution in [3.8, 4) is 5.75 Å². The van der Waals surface area contributed by atoms with E-state index in [1.807, 2.05) is 17.5 Å². The number of hydrogen-bond acceptors (Lipinski definition) is 4. The van der Waals surface area contributed by atoms with Gasteiger partial charge >= 0.3 is 0 Å². The van der Waals surface area contributed by atoms with Gasteiger partial charge in [-0.1, -0.05) is 6.07 Å². The van der Waals surface area contributed by atoms with Crippen LogP contribution < -0.4 is 15.4 Å². The maximum absolute atomic E-state index is 12.0. The highest BCUT2D eigenvalue weighted by Gasteiger charge is 2.23. The van der Waals surface area contributed by atoms with Crippen LogP contribution in [0.1, 0.15) is 18.2 Å². The van der Waals surface area contributed by atoms with Crippen molar-refractivity contribution in [1.29, 1.82) is 0 Å². The molecule has 22 heavy (non-hydrogen) atoms. The van der Waals surface area contributed by atoms with Gasteiger partial charge in [0.05, 0.1) is 5.69 Å². The third kappa shape index (κ3) is 3.28. The zero-order chi connectivity index (χ0) is 15.5. The summed E-state index contributed by atoms with van der Waals surface area (Å²) in [5, 5.41) is 7.60. The Kier molecular flexibility index (Phi) is 4.11. The standard InChI is InChI=1S/C16H16N2O3S/c1-10-16(20)18-13-9-11(4-6-14(13)21-10)17-15(19)7-5-12-3-2-8-22-12/h2-4,6,8-10H,5,7H2,1H3,(H,17,19)(H,18,20)/t10-/m1/s1. The van der Waals surface area contributed by atoms with Crippen LogP contribution in [0.4, 0.5) is 11.4 Å². The van der Waals surface area contributed by atoms with E-state index in [9.17, 15) is 9.59 Å². The number of nitrogens with one attached hydrogen (secondary N) is 2. The number of hydrogen-bond donors (Lipinski definition) is 2. The van der Waals surface area contributed by atoms with E-state index in [-0.39, 0.29) is 11.8 Å². The highest BCUT2D eigenvalue weighted by Crippen LogP contribution is 2.32. The first-order valence-electron chi connectivity index (χ1n) is 7.05. The summed E-state index contributed by atoms with van der Waals surface area (Å²) in [5.74, 6) is 0.377. The first-order chi connectivity index (χ1) is 10.6. The number of benzene rings is 1. The number of carbonyl (C=O) groups is 2. The molecule has 1 aromatic heterocycles. The first-order valence-corrected chi connectivity index (χ1v) is 7.93. The SMILES string of the molecule is C[C@H]1Oc2ccc(NC(=O)CCc3cccs3)cc2NC1=O.